The van der Waals surface area contributed by atoms with Gasteiger partial charge in [-0.15, -0.1) is 0 Å². The molecule has 1 heterocycles. The number of benzene rings is 1. The van der Waals surface area contributed by atoms with Gasteiger partial charge < -0.3 is 9.88 Å². The highest BCUT2D eigenvalue weighted by molar-refractivity contribution is 5.79. The summed E-state index contributed by atoms with van der Waals surface area (Å²) in [5.74, 6) is 0. The molecule has 0 saturated heterocycles. The number of aromatic nitrogens is 1. The molecule has 0 aliphatic carbocycles. The molecule has 0 fully saturated rings. The number of hydrogen-bond donors (Lipinski definition) is 1. The number of para-hydroxylation sites is 1. The Morgan fingerprint density at radius 1 is 1.22 bits per heavy atom. The fourth-order valence-electron chi connectivity index (χ4n) is 2.23. The lowest BCUT2D eigenvalue weighted by molar-refractivity contribution is 0.659. The average molecular weight is 244 g/mol. The van der Waals surface area contributed by atoms with Crippen LogP contribution < -0.4 is 10.9 Å². The van der Waals surface area contributed by atoms with Crippen LogP contribution in [0, 0.1) is 0 Å². The Hall–Kier alpha value is -1.61. The van der Waals surface area contributed by atoms with Crippen LogP contribution in [-0.2, 0) is 13.1 Å². The maximum Gasteiger partial charge on any atom is 0.255 e. The third-order valence-electron chi connectivity index (χ3n) is 3.14. The third-order valence-corrected chi connectivity index (χ3v) is 3.14. The van der Waals surface area contributed by atoms with Crippen LogP contribution in [0.3, 0.4) is 0 Å². The van der Waals surface area contributed by atoms with Gasteiger partial charge in [-0.2, -0.15) is 0 Å². The second kappa shape index (κ2) is 5.83. The zero-order valence-corrected chi connectivity index (χ0v) is 11.1. The highest BCUT2D eigenvalue weighted by atomic mass is 16.1. The molecule has 0 saturated carbocycles. The number of hydrogen-bond acceptors (Lipinski definition) is 2. The van der Waals surface area contributed by atoms with Crippen LogP contribution >= 0.6 is 0 Å². The minimum atomic E-state index is 0.125. The van der Waals surface area contributed by atoms with Crippen molar-refractivity contribution in [3.05, 3.63) is 46.2 Å². The zero-order chi connectivity index (χ0) is 13.0. The van der Waals surface area contributed by atoms with Gasteiger partial charge in [-0.25, -0.2) is 0 Å². The van der Waals surface area contributed by atoms with Crippen molar-refractivity contribution >= 4 is 10.9 Å². The number of nitrogens with zero attached hydrogens (tertiary/aromatic N) is 1. The lowest BCUT2D eigenvalue weighted by Crippen LogP contribution is -2.27. The van der Waals surface area contributed by atoms with E-state index in [4.69, 9.17) is 0 Å². The van der Waals surface area contributed by atoms with Gasteiger partial charge >= 0.3 is 0 Å². The summed E-state index contributed by atoms with van der Waals surface area (Å²) >= 11 is 0. The molecule has 1 N–H and O–H groups in total. The molecule has 0 spiro atoms. The summed E-state index contributed by atoms with van der Waals surface area (Å²) in [7, 11) is 0. The molecule has 0 aliphatic rings. The van der Waals surface area contributed by atoms with Crippen LogP contribution in [0.2, 0.25) is 0 Å². The van der Waals surface area contributed by atoms with Crippen molar-refractivity contribution in [3.8, 4) is 0 Å². The van der Waals surface area contributed by atoms with Gasteiger partial charge in [0.25, 0.3) is 5.56 Å². The standard InChI is InChI=1S/C15H20N2O/c1-3-9-16-11-13-10-12-7-5-6-8-14(12)17(4-2)15(13)18/h5-8,10,16H,3-4,9,11H2,1-2H3. The first-order valence-electron chi connectivity index (χ1n) is 6.60. The highest BCUT2D eigenvalue weighted by Crippen LogP contribution is 2.13. The molecule has 3 heteroatoms. The van der Waals surface area contributed by atoms with Crippen molar-refractivity contribution in [1.82, 2.24) is 9.88 Å². The van der Waals surface area contributed by atoms with Crippen LogP contribution in [0.25, 0.3) is 10.9 Å². The number of pyridine rings is 1. The molecular weight excluding hydrogens is 224 g/mol. The molecule has 1 aromatic heterocycles. The summed E-state index contributed by atoms with van der Waals surface area (Å²) in [4.78, 5) is 12.3. The predicted molar refractivity (Wildman–Crippen MR) is 75.9 cm³/mol. The number of rotatable bonds is 5. The van der Waals surface area contributed by atoms with Crippen molar-refractivity contribution in [1.29, 1.82) is 0 Å². The second-order valence-corrected chi connectivity index (χ2v) is 4.45. The van der Waals surface area contributed by atoms with Crippen molar-refractivity contribution in [2.24, 2.45) is 0 Å². The van der Waals surface area contributed by atoms with Crippen molar-refractivity contribution in [2.45, 2.75) is 33.4 Å². The zero-order valence-electron chi connectivity index (χ0n) is 11.1. The molecule has 2 aromatic rings. The summed E-state index contributed by atoms with van der Waals surface area (Å²) in [6.45, 7) is 6.44. The quantitative estimate of drug-likeness (QED) is 0.820. The molecule has 18 heavy (non-hydrogen) atoms. The van der Waals surface area contributed by atoms with E-state index in [9.17, 15) is 4.79 Å². The first-order valence-corrected chi connectivity index (χ1v) is 6.60. The molecule has 0 radical (unpaired) electrons. The van der Waals surface area contributed by atoms with Gasteiger partial charge in [0.2, 0.25) is 0 Å². The Labute approximate surface area is 107 Å². The summed E-state index contributed by atoms with van der Waals surface area (Å²) in [5, 5.41) is 4.43. The summed E-state index contributed by atoms with van der Waals surface area (Å²) < 4.78 is 1.85. The van der Waals surface area contributed by atoms with Gasteiger partial charge in [0, 0.05) is 18.7 Å². The Morgan fingerprint density at radius 3 is 2.72 bits per heavy atom. The van der Waals surface area contributed by atoms with Gasteiger partial charge in [-0.3, -0.25) is 4.79 Å². The normalized spacial score (nSPS) is 11.0. The van der Waals surface area contributed by atoms with Gasteiger partial charge in [0.05, 0.1) is 5.52 Å². The minimum Gasteiger partial charge on any atom is -0.312 e. The van der Waals surface area contributed by atoms with Crippen molar-refractivity contribution in [2.75, 3.05) is 6.54 Å². The maximum absolute atomic E-state index is 12.3. The fourth-order valence-corrected chi connectivity index (χ4v) is 2.23. The Kier molecular flexibility index (Phi) is 4.15. The Bertz CT molecular complexity index is 587. The molecule has 96 valence electrons. The van der Waals surface area contributed by atoms with Gasteiger partial charge in [-0.05, 0) is 37.4 Å². The summed E-state index contributed by atoms with van der Waals surface area (Å²) in [5.41, 5.74) is 1.99. The van der Waals surface area contributed by atoms with Crippen molar-refractivity contribution in [3.63, 3.8) is 0 Å². The van der Waals surface area contributed by atoms with E-state index in [1.807, 2.05) is 35.8 Å². The average Bonchev–Trinajstić information content (AvgIpc) is 2.40. The van der Waals surface area contributed by atoms with Crippen LogP contribution in [0.4, 0.5) is 0 Å². The predicted octanol–water partition coefficient (Wildman–Crippen LogP) is 2.52. The van der Waals surface area contributed by atoms with E-state index in [-0.39, 0.29) is 5.56 Å². The first-order chi connectivity index (χ1) is 8.77. The number of nitrogens with one attached hydrogen (secondary N) is 1. The lowest BCUT2D eigenvalue weighted by Gasteiger charge is -2.11. The van der Waals surface area contributed by atoms with Gasteiger partial charge in [0.15, 0.2) is 0 Å². The molecular formula is C15H20N2O. The number of aryl methyl sites for hydroxylation is 1. The molecule has 1 aromatic carbocycles. The topological polar surface area (TPSA) is 34.0 Å². The summed E-state index contributed by atoms with van der Waals surface area (Å²) in [6, 6.07) is 10.1. The molecule has 0 amide bonds. The van der Waals surface area contributed by atoms with Crippen LogP contribution in [0.5, 0.6) is 0 Å². The van der Waals surface area contributed by atoms with E-state index in [1.54, 1.807) is 0 Å². The summed E-state index contributed by atoms with van der Waals surface area (Å²) in [6.07, 6.45) is 1.08. The number of fused-ring (bicyclic) bond motifs is 1. The van der Waals surface area contributed by atoms with E-state index < -0.39 is 0 Å². The molecule has 2 rings (SSSR count). The monoisotopic (exact) mass is 244 g/mol. The van der Waals surface area contributed by atoms with E-state index in [2.05, 4.69) is 18.3 Å². The van der Waals surface area contributed by atoms with E-state index in [0.717, 1.165) is 29.4 Å². The third kappa shape index (κ3) is 2.46. The van der Waals surface area contributed by atoms with Crippen LogP contribution in [0.1, 0.15) is 25.8 Å². The molecule has 0 bridgehead atoms. The van der Waals surface area contributed by atoms with Crippen LogP contribution in [0.15, 0.2) is 35.1 Å². The van der Waals surface area contributed by atoms with Gasteiger partial charge in [-0.1, -0.05) is 25.1 Å². The van der Waals surface area contributed by atoms with E-state index in [1.165, 1.54) is 0 Å². The largest absolute Gasteiger partial charge is 0.312 e. The SMILES string of the molecule is CCCNCc1cc2ccccc2n(CC)c1=O. The highest BCUT2D eigenvalue weighted by Gasteiger charge is 2.07. The molecule has 0 aliphatic heterocycles. The van der Waals surface area contributed by atoms with Crippen LogP contribution in [-0.4, -0.2) is 11.1 Å². The molecule has 0 atom stereocenters. The van der Waals surface area contributed by atoms with Crippen molar-refractivity contribution < 1.29 is 0 Å². The van der Waals surface area contributed by atoms with E-state index >= 15 is 0 Å². The molecule has 3 nitrogen and oxygen atoms in total. The minimum absolute atomic E-state index is 0.125. The fraction of sp³-hybridized carbons (Fsp3) is 0.400. The van der Waals surface area contributed by atoms with E-state index in [0.29, 0.717) is 13.1 Å². The van der Waals surface area contributed by atoms with Gasteiger partial charge in [0.1, 0.15) is 0 Å². The first kappa shape index (κ1) is 12.8. The Balaban J connectivity index is 2.48. The Morgan fingerprint density at radius 2 is 2.00 bits per heavy atom. The maximum atomic E-state index is 12.3. The lowest BCUT2D eigenvalue weighted by atomic mass is 10.1. The smallest absolute Gasteiger partial charge is 0.255 e. The molecule has 0 unspecified atom stereocenters. The second-order valence-electron chi connectivity index (χ2n) is 4.45.